The number of alkyl halides is 3. The Morgan fingerprint density at radius 3 is 2.42 bits per heavy atom. The smallest absolute Gasteiger partial charge is 0.450 e. The summed E-state index contributed by atoms with van der Waals surface area (Å²) < 4.78 is 41.7. The maximum absolute atomic E-state index is 12.4. The van der Waals surface area contributed by atoms with Gasteiger partial charge in [-0.25, -0.2) is 0 Å². The molecular formula is C12H11F3N2O2. The van der Waals surface area contributed by atoms with Crippen LogP contribution in [0.3, 0.4) is 0 Å². The molecule has 0 spiro atoms. The number of anilines is 1. The topological polar surface area (TPSA) is 41.6 Å². The standard InChI is InChI=1S/C12H11F3N2O2/c1-16-11(18)8-2-4-9(5-3-8)17-6-10(19-7-17)12(13,14)15/h2-6H,7H2,1H3,(H,16,18). The molecule has 0 saturated carbocycles. The Hall–Kier alpha value is -2.18. The summed E-state index contributed by atoms with van der Waals surface area (Å²) in [6.07, 6.45) is -3.59. The highest BCUT2D eigenvalue weighted by molar-refractivity contribution is 5.94. The normalized spacial score (nSPS) is 14.9. The van der Waals surface area contributed by atoms with Crippen LogP contribution in [0, 0.1) is 0 Å². The quantitative estimate of drug-likeness (QED) is 0.897. The summed E-state index contributed by atoms with van der Waals surface area (Å²) >= 11 is 0. The van der Waals surface area contributed by atoms with Gasteiger partial charge in [-0.2, -0.15) is 13.2 Å². The number of rotatable bonds is 2. The summed E-state index contributed by atoms with van der Waals surface area (Å²) in [6.45, 7) is -0.200. The van der Waals surface area contributed by atoms with Crippen LogP contribution in [-0.2, 0) is 4.74 Å². The van der Waals surface area contributed by atoms with E-state index in [9.17, 15) is 18.0 Å². The van der Waals surface area contributed by atoms with Crippen LogP contribution in [0.25, 0.3) is 0 Å². The average molecular weight is 272 g/mol. The van der Waals surface area contributed by atoms with Gasteiger partial charge in [-0.3, -0.25) is 4.79 Å². The molecule has 102 valence electrons. The Morgan fingerprint density at radius 1 is 1.32 bits per heavy atom. The second-order valence-electron chi connectivity index (χ2n) is 3.86. The molecule has 1 heterocycles. The van der Waals surface area contributed by atoms with E-state index in [1.807, 2.05) is 0 Å². The minimum Gasteiger partial charge on any atom is -0.466 e. The lowest BCUT2D eigenvalue weighted by Gasteiger charge is -2.13. The monoisotopic (exact) mass is 272 g/mol. The number of amides is 1. The van der Waals surface area contributed by atoms with Gasteiger partial charge in [-0.05, 0) is 24.3 Å². The fourth-order valence-corrected chi connectivity index (χ4v) is 1.61. The molecule has 0 saturated heterocycles. The van der Waals surface area contributed by atoms with Crippen LogP contribution in [0.4, 0.5) is 18.9 Å². The summed E-state index contributed by atoms with van der Waals surface area (Å²) in [6, 6.07) is 6.19. The van der Waals surface area contributed by atoms with Crippen molar-refractivity contribution in [1.29, 1.82) is 0 Å². The molecule has 0 bridgehead atoms. The molecule has 0 radical (unpaired) electrons. The Labute approximate surface area is 107 Å². The van der Waals surface area contributed by atoms with Gasteiger partial charge in [0.05, 0.1) is 6.20 Å². The summed E-state index contributed by atoms with van der Waals surface area (Å²) in [4.78, 5) is 12.6. The number of carbonyl (C=O) groups excluding carboxylic acids is 1. The number of ether oxygens (including phenoxy) is 1. The van der Waals surface area contributed by atoms with Gasteiger partial charge in [0.15, 0.2) is 6.73 Å². The van der Waals surface area contributed by atoms with Crippen molar-refractivity contribution in [3.8, 4) is 0 Å². The maximum atomic E-state index is 12.4. The van der Waals surface area contributed by atoms with Crippen LogP contribution >= 0.6 is 0 Å². The Balaban J connectivity index is 2.16. The first kappa shape index (κ1) is 13.3. The van der Waals surface area contributed by atoms with E-state index in [2.05, 4.69) is 10.1 Å². The van der Waals surface area contributed by atoms with Crippen molar-refractivity contribution in [3.05, 3.63) is 41.8 Å². The van der Waals surface area contributed by atoms with Gasteiger partial charge in [0.1, 0.15) is 0 Å². The lowest BCUT2D eigenvalue weighted by molar-refractivity contribution is -0.126. The van der Waals surface area contributed by atoms with E-state index in [4.69, 9.17) is 0 Å². The third kappa shape index (κ3) is 2.81. The molecule has 4 nitrogen and oxygen atoms in total. The molecule has 19 heavy (non-hydrogen) atoms. The van der Waals surface area contributed by atoms with Crippen molar-refractivity contribution in [2.24, 2.45) is 0 Å². The zero-order chi connectivity index (χ0) is 14.0. The van der Waals surface area contributed by atoms with Crippen LogP contribution in [0.5, 0.6) is 0 Å². The fraction of sp³-hybridized carbons (Fsp3) is 0.250. The lowest BCUT2D eigenvalue weighted by atomic mass is 10.2. The van der Waals surface area contributed by atoms with E-state index >= 15 is 0 Å². The number of hydrogen-bond donors (Lipinski definition) is 1. The van der Waals surface area contributed by atoms with Crippen LogP contribution in [-0.4, -0.2) is 25.9 Å². The SMILES string of the molecule is CNC(=O)c1ccc(N2C=C(C(F)(F)F)OC2)cc1. The number of halogens is 3. The number of benzene rings is 1. The van der Waals surface area contributed by atoms with Crippen LogP contribution in [0.15, 0.2) is 36.2 Å². The number of hydrogen-bond acceptors (Lipinski definition) is 3. The van der Waals surface area contributed by atoms with Gasteiger partial charge in [0.2, 0.25) is 5.76 Å². The van der Waals surface area contributed by atoms with Gasteiger partial charge in [-0.15, -0.1) is 0 Å². The molecule has 1 aliphatic heterocycles. The molecular weight excluding hydrogens is 261 g/mol. The summed E-state index contributed by atoms with van der Waals surface area (Å²) in [5.41, 5.74) is 0.957. The minimum absolute atomic E-state index is 0.200. The predicted octanol–water partition coefficient (Wildman–Crippen LogP) is 2.24. The Morgan fingerprint density at radius 2 is 1.95 bits per heavy atom. The van der Waals surface area contributed by atoms with Crippen molar-refractivity contribution in [2.45, 2.75) is 6.18 Å². The first-order valence-corrected chi connectivity index (χ1v) is 5.42. The Kier molecular flexibility index (Phi) is 3.37. The van der Waals surface area contributed by atoms with E-state index in [0.717, 1.165) is 6.20 Å². The first-order valence-electron chi connectivity index (χ1n) is 5.42. The summed E-state index contributed by atoms with van der Waals surface area (Å²) in [5, 5.41) is 2.46. The van der Waals surface area contributed by atoms with Gasteiger partial charge < -0.3 is 15.0 Å². The lowest BCUT2D eigenvalue weighted by Crippen LogP contribution is -2.18. The Bertz CT molecular complexity index is 509. The summed E-state index contributed by atoms with van der Waals surface area (Å²) in [7, 11) is 1.50. The molecule has 0 atom stereocenters. The molecule has 1 aromatic carbocycles. The zero-order valence-electron chi connectivity index (χ0n) is 9.99. The minimum atomic E-state index is -4.49. The highest BCUT2D eigenvalue weighted by Gasteiger charge is 2.39. The number of nitrogens with zero attached hydrogens (tertiary/aromatic N) is 1. The van der Waals surface area contributed by atoms with E-state index in [1.165, 1.54) is 24.1 Å². The second-order valence-corrected chi connectivity index (χ2v) is 3.86. The molecule has 0 unspecified atom stereocenters. The molecule has 1 N–H and O–H groups in total. The van der Waals surface area contributed by atoms with Gasteiger partial charge >= 0.3 is 6.18 Å². The number of nitrogens with one attached hydrogen (secondary N) is 1. The third-order valence-corrected chi connectivity index (χ3v) is 2.60. The highest BCUT2D eigenvalue weighted by Crippen LogP contribution is 2.32. The van der Waals surface area contributed by atoms with E-state index in [-0.39, 0.29) is 12.6 Å². The average Bonchev–Trinajstić information content (AvgIpc) is 2.87. The van der Waals surface area contributed by atoms with Crippen molar-refractivity contribution < 1.29 is 22.7 Å². The molecule has 0 aromatic heterocycles. The predicted molar refractivity (Wildman–Crippen MR) is 62.4 cm³/mol. The van der Waals surface area contributed by atoms with Gasteiger partial charge in [0.25, 0.3) is 5.91 Å². The van der Waals surface area contributed by atoms with Crippen molar-refractivity contribution in [2.75, 3.05) is 18.7 Å². The molecule has 0 aliphatic carbocycles. The van der Waals surface area contributed by atoms with E-state index < -0.39 is 11.9 Å². The van der Waals surface area contributed by atoms with Crippen LogP contribution < -0.4 is 10.2 Å². The molecule has 1 amide bonds. The van der Waals surface area contributed by atoms with Crippen molar-refractivity contribution >= 4 is 11.6 Å². The van der Waals surface area contributed by atoms with E-state index in [0.29, 0.717) is 11.3 Å². The second kappa shape index (κ2) is 4.83. The first-order chi connectivity index (χ1) is 8.91. The van der Waals surface area contributed by atoms with Gasteiger partial charge in [-0.1, -0.05) is 0 Å². The molecule has 0 fully saturated rings. The van der Waals surface area contributed by atoms with Crippen molar-refractivity contribution in [1.82, 2.24) is 5.32 Å². The van der Waals surface area contributed by atoms with Gasteiger partial charge in [0, 0.05) is 18.3 Å². The molecule has 1 aromatic rings. The molecule has 2 rings (SSSR count). The maximum Gasteiger partial charge on any atom is 0.450 e. The third-order valence-electron chi connectivity index (χ3n) is 2.60. The van der Waals surface area contributed by atoms with Crippen LogP contribution in [0.2, 0.25) is 0 Å². The highest BCUT2D eigenvalue weighted by atomic mass is 19.4. The largest absolute Gasteiger partial charge is 0.466 e. The molecule has 1 aliphatic rings. The zero-order valence-corrected chi connectivity index (χ0v) is 9.99. The van der Waals surface area contributed by atoms with E-state index in [1.54, 1.807) is 12.1 Å². The fourth-order valence-electron chi connectivity index (χ4n) is 1.61. The van der Waals surface area contributed by atoms with Crippen LogP contribution in [0.1, 0.15) is 10.4 Å². The number of carbonyl (C=O) groups is 1. The number of allylic oxidation sites excluding steroid dienone is 1. The van der Waals surface area contributed by atoms with Crippen molar-refractivity contribution in [3.63, 3.8) is 0 Å². The summed E-state index contributed by atoms with van der Waals surface area (Å²) in [5.74, 6) is -1.28. The molecule has 7 heteroatoms.